The third-order valence-electron chi connectivity index (χ3n) is 1.45. The van der Waals surface area contributed by atoms with Crippen molar-refractivity contribution in [1.29, 1.82) is 0 Å². The molecule has 0 rings (SSSR count). The molecule has 0 aliphatic heterocycles. The highest BCUT2D eigenvalue weighted by atomic mass is 31.0. The van der Waals surface area contributed by atoms with Crippen LogP contribution in [0.15, 0.2) is 0 Å². The molecule has 0 saturated carbocycles. The van der Waals surface area contributed by atoms with E-state index in [1.165, 1.54) is 0 Å². The third-order valence-corrected chi connectivity index (χ3v) is 2.69. The van der Waals surface area contributed by atoms with Crippen molar-refractivity contribution in [2.24, 2.45) is 5.41 Å². The zero-order valence-corrected chi connectivity index (χ0v) is 7.59. The van der Waals surface area contributed by atoms with Crippen molar-refractivity contribution in [2.45, 2.75) is 32.9 Å². The standard InChI is InChI=1S/C8H15P/c1-5-6-7(9)8(2,3)4/h1,7H,6,9H2,2-4H3. The van der Waals surface area contributed by atoms with Crippen molar-refractivity contribution in [3.63, 3.8) is 0 Å². The van der Waals surface area contributed by atoms with Gasteiger partial charge in [0.25, 0.3) is 0 Å². The van der Waals surface area contributed by atoms with Gasteiger partial charge < -0.3 is 0 Å². The Bertz CT molecular complexity index is 114. The lowest BCUT2D eigenvalue weighted by molar-refractivity contribution is 0.397. The van der Waals surface area contributed by atoms with Gasteiger partial charge in [-0.2, -0.15) is 0 Å². The Morgan fingerprint density at radius 2 is 2.00 bits per heavy atom. The van der Waals surface area contributed by atoms with Crippen LogP contribution in [0.2, 0.25) is 0 Å². The minimum Gasteiger partial charge on any atom is -0.133 e. The summed E-state index contributed by atoms with van der Waals surface area (Å²) in [6.07, 6.45) is 6.02. The van der Waals surface area contributed by atoms with E-state index in [0.29, 0.717) is 11.1 Å². The number of rotatable bonds is 1. The molecule has 0 spiro atoms. The summed E-state index contributed by atoms with van der Waals surface area (Å²) in [5.74, 6) is 2.65. The summed E-state index contributed by atoms with van der Waals surface area (Å²) in [7, 11) is 2.78. The molecule has 0 aliphatic carbocycles. The largest absolute Gasteiger partial charge is 0.133 e. The van der Waals surface area contributed by atoms with E-state index in [0.717, 1.165) is 6.42 Å². The van der Waals surface area contributed by atoms with Gasteiger partial charge in [-0.15, -0.1) is 21.6 Å². The van der Waals surface area contributed by atoms with Crippen molar-refractivity contribution < 1.29 is 0 Å². The maximum Gasteiger partial charge on any atom is 0.0154 e. The number of hydrogen-bond acceptors (Lipinski definition) is 0. The molecule has 9 heavy (non-hydrogen) atoms. The van der Waals surface area contributed by atoms with Crippen molar-refractivity contribution in [3.05, 3.63) is 0 Å². The summed E-state index contributed by atoms with van der Waals surface area (Å²) in [6, 6.07) is 0. The van der Waals surface area contributed by atoms with Crippen LogP contribution in [0, 0.1) is 17.8 Å². The molecule has 0 amide bonds. The van der Waals surface area contributed by atoms with E-state index < -0.39 is 0 Å². The lowest BCUT2D eigenvalue weighted by atomic mass is 9.90. The topological polar surface area (TPSA) is 0 Å². The fourth-order valence-corrected chi connectivity index (χ4v) is 0.569. The summed E-state index contributed by atoms with van der Waals surface area (Å²) in [4.78, 5) is 0. The zero-order valence-electron chi connectivity index (χ0n) is 6.44. The third kappa shape index (κ3) is 3.55. The molecule has 0 heterocycles. The molecule has 0 saturated heterocycles. The van der Waals surface area contributed by atoms with E-state index in [9.17, 15) is 0 Å². The van der Waals surface area contributed by atoms with E-state index >= 15 is 0 Å². The van der Waals surface area contributed by atoms with Gasteiger partial charge in [0.05, 0.1) is 0 Å². The first-order chi connectivity index (χ1) is 3.98. The Balaban J connectivity index is 3.76. The van der Waals surface area contributed by atoms with E-state index in [1.54, 1.807) is 0 Å². The second-order valence-electron chi connectivity index (χ2n) is 3.38. The molecular weight excluding hydrogens is 127 g/mol. The summed E-state index contributed by atoms with van der Waals surface area (Å²) in [6.45, 7) is 6.59. The SMILES string of the molecule is C#CCC(P)C(C)(C)C. The summed E-state index contributed by atoms with van der Waals surface area (Å²) in [5, 5.41) is 0. The van der Waals surface area contributed by atoms with Crippen molar-refractivity contribution >= 4 is 9.24 Å². The first kappa shape index (κ1) is 8.99. The summed E-state index contributed by atoms with van der Waals surface area (Å²) < 4.78 is 0. The van der Waals surface area contributed by atoms with Gasteiger partial charge in [-0.1, -0.05) is 20.8 Å². The highest BCUT2D eigenvalue weighted by Gasteiger charge is 2.18. The van der Waals surface area contributed by atoms with Crippen LogP contribution in [-0.2, 0) is 0 Å². The maximum absolute atomic E-state index is 5.16. The average molecular weight is 142 g/mol. The van der Waals surface area contributed by atoms with Crippen molar-refractivity contribution in [3.8, 4) is 12.3 Å². The van der Waals surface area contributed by atoms with Crippen LogP contribution in [0.4, 0.5) is 0 Å². The van der Waals surface area contributed by atoms with Gasteiger partial charge in [0.15, 0.2) is 0 Å². The minimum absolute atomic E-state index is 0.330. The monoisotopic (exact) mass is 142 g/mol. The molecule has 0 aliphatic rings. The van der Waals surface area contributed by atoms with Gasteiger partial charge in [-0.25, -0.2) is 0 Å². The predicted molar refractivity (Wildman–Crippen MR) is 46.4 cm³/mol. The zero-order chi connectivity index (χ0) is 7.49. The van der Waals surface area contributed by atoms with Gasteiger partial charge in [0.1, 0.15) is 0 Å². The maximum atomic E-state index is 5.16. The molecule has 52 valence electrons. The average Bonchev–Trinajstić information content (AvgIpc) is 1.64. The van der Waals surface area contributed by atoms with E-state index in [-0.39, 0.29) is 0 Å². The van der Waals surface area contributed by atoms with E-state index in [4.69, 9.17) is 6.42 Å². The Morgan fingerprint density at radius 1 is 1.56 bits per heavy atom. The molecule has 0 aromatic rings. The van der Waals surface area contributed by atoms with Crippen molar-refractivity contribution in [2.75, 3.05) is 0 Å². The Morgan fingerprint density at radius 3 is 2.11 bits per heavy atom. The molecule has 0 bridgehead atoms. The van der Waals surface area contributed by atoms with Crippen LogP contribution in [0.3, 0.4) is 0 Å². The quantitative estimate of drug-likeness (QED) is 0.389. The minimum atomic E-state index is 0.330. The van der Waals surface area contributed by atoms with E-state index in [1.807, 2.05) is 0 Å². The van der Waals surface area contributed by atoms with E-state index in [2.05, 4.69) is 35.9 Å². The van der Waals surface area contributed by atoms with Crippen LogP contribution < -0.4 is 0 Å². The lowest BCUT2D eigenvalue weighted by Crippen LogP contribution is -2.19. The predicted octanol–water partition coefficient (Wildman–Crippen LogP) is 2.30. The highest BCUT2D eigenvalue weighted by Crippen LogP contribution is 2.27. The van der Waals surface area contributed by atoms with Gasteiger partial charge in [0, 0.05) is 6.42 Å². The Hall–Kier alpha value is -0.0100. The molecule has 2 atom stereocenters. The molecule has 0 nitrogen and oxygen atoms in total. The molecule has 0 aromatic carbocycles. The second-order valence-corrected chi connectivity index (χ2v) is 4.19. The Labute approximate surface area is 60.6 Å². The number of terminal acetylenes is 1. The normalized spacial score (nSPS) is 14.6. The van der Waals surface area contributed by atoms with Crippen LogP contribution in [0.1, 0.15) is 27.2 Å². The molecule has 0 aromatic heterocycles. The fraction of sp³-hybridized carbons (Fsp3) is 0.750. The fourth-order valence-electron chi connectivity index (χ4n) is 0.433. The first-order valence-corrected chi connectivity index (χ1v) is 3.84. The molecule has 0 radical (unpaired) electrons. The first-order valence-electron chi connectivity index (χ1n) is 3.17. The van der Waals surface area contributed by atoms with Crippen LogP contribution >= 0.6 is 9.24 Å². The van der Waals surface area contributed by atoms with Crippen LogP contribution in [0.5, 0.6) is 0 Å². The molecule has 2 unspecified atom stereocenters. The summed E-state index contributed by atoms with van der Waals surface area (Å²) >= 11 is 0. The molecule has 1 heteroatoms. The van der Waals surface area contributed by atoms with Gasteiger partial charge >= 0.3 is 0 Å². The highest BCUT2D eigenvalue weighted by molar-refractivity contribution is 7.17. The number of hydrogen-bond donors (Lipinski definition) is 0. The van der Waals surface area contributed by atoms with Crippen LogP contribution in [-0.4, -0.2) is 5.66 Å². The second kappa shape index (κ2) is 3.23. The Kier molecular flexibility index (Phi) is 3.23. The molecule has 0 N–H and O–H groups in total. The smallest absolute Gasteiger partial charge is 0.0154 e. The van der Waals surface area contributed by atoms with Crippen molar-refractivity contribution in [1.82, 2.24) is 0 Å². The lowest BCUT2D eigenvalue weighted by Gasteiger charge is -2.24. The van der Waals surface area contributed by atoms with Gasteiger partial charge in [-0.05, 0) is 11.1 Å². The molecule has 0 fully saturated rings. The summed E-state index contributed by atoms with van der Waals surface area (Å²) in [5.41, 5.74) is 0.874. The van der Waals surface area contributed by atoms with Gasteiger partial charge in [-0.3, -0.25) is 0 Å². The van der Waals surface area contributed by atoms with Gasteiger partial charge in [0.2, 0.25) is 0 Å². The molecular formula is C8H15P. The van der Waals surface area contributed by atoms with Crippen LogP contribution in [0.25, 0.3) is 0 Å².